The minimum atomic E-state index is -0.319. The Bertz CT molecular complexity index is 679. The second-order valence-corrected chi connectivity index (χ2v) is 7.88. The van der Waals surface area contributed by atoms with Gasteiger partial charge in [-0.05, 0) is 37.0 Å². The Morgan fingerprint density at radius 3 is 2.91 bits per heavy atom. The first kappa shape index (κ1) is 14.5. The van der Waals surface area contributed by atoms with Crippen LogP contribution in [0.1, 0.15) is 12.0 Å². The molecule has 0 spiro atoms. The molecule has 4 nitrogen and oxygen atoms in total. The van der Waals surface area contributed by atoms with Crippen molar-refractivity contribution < 1.29 is 14.3 Å². The molecule has 3 aliphatic rings. The third-order valence-electron chi connectivity index (χ3n) is 5.27. The van der Waals surface area contributed by atoms with E-state index in [4.69, 9.17) is 16.3 Å². The van der Waals surface area contributed by atoms with Crippen LogP contribution in [0.4, 0.5) is 5.69 Å². The van der Waals surface area contributed by atoms with Gasteiger partial charge in [-0.25, -0.2) is 0 Å². The second kappa shape index (κ2) is 4.96. The van der Waals surface area contributed by atoms with E-state index in [0.29, 0.717) is 10.7 Å². The molecule has 1 N–H and O–H groups in total. The van der Waals surface area contributed by atoms with Crippen LogP contribution in [0, 0.1) is 30.6 Å². The molecule has 1 aliphatic heterocycles. The Morgan fingerprint density at radius 2 is 2.18 bits per heavy atom. The molecule has 0 radical (unpaired) electrons. The van der Waals surface area contributed by atoms with E-state index in [2.05, 4.69) is 21.2 Å². The van der Waals surface area contributed by atoms with E-state index in [-0.39, 0.29) is 46.5 Å². The SMILES string of the molecule is Cc1ccc(NC(=O)[C@@H]2[C@H]3C[C@H]4[C@H](OC(=O)[C@H]42)[C@H]3Br)cc1Cl. The highest BCUT2D eigenvalue weighted by molar-refractivity contribution is 9.09. The van der Waals surface area contributed by atoms with Crippen LogP contribution in [0.3, 0.4) is 0 Å². The Labute approximate surface area is 141 Å². The number of hydrogen-bond acceptors (Lipinski definition) is 3. The molecule has 22 heavy (non-hydrogen) atoms. The molecular formula is C16H15BrClNO3. The van der Waals surface area contributed by atoms with Gasteiger partial charge in [0.1, 0.15) is 6.10 Å². The van der Waals surface area contributed by atoms with Crippen molar-refractivity contribution in [2.45, 2.75) is 24.3 Å². The van der Waals surface area contributed by atoms with Gasteiger partial charge in [0.2, 0.25) is 5.91 Å². The highest BCUT2D eigenvalue weighted by Crippen LogP contribution is 2.60. The first-order chi connectivity index (χ1) is 10.5. The standard InChI is InChI=1S/C16H15BrClNO3/c1-6-2-3-7(4-10(6)18)19-15(20)11-8-5-9-12(11)16(21)22-14(9)13(8)17/h2-4,8-9,11-14H,5H2,1H3,(H,19,20)/t8-,9-,11-,12-,13+,14+/m1/s1. The summed E-state index contributed by atoms with van der Waals surface area (Å²) in [5, 5.41) is 3.52. The van der Waals surface area contributed by atoms with Gasteiger partial charge in [-0.3, -0.25) is 9.59 Å². The molecule has 6 heteroatoms. The summed E-state index contributed by atoms with van der Waals surface area (Å²) in [5.41, 5.74) is 1.62. The number of fused-ring (bicyclic) bond motifs is 1. The lowest BCUT2D eigenvalue weighted by Gasteiger charge is -2.27. The van der Waals surface area contributed by atoms with Gasteiger partial charge in [0, 0.05) is 16.6 Å². The molecule has 4 rings (SSSR count). The van der Waals surface area contributed by atoms with E-state index in [9.17, 15) is 9.59 Å². The van der Waals surface area contributed by atoms with Crippen LogP contribution in [0.25, 0.3) is 0 Å². The maximum Gasteiger partial charge on any atom is 0.310 e. The van der Waals surface area contributed by atoms with Crippen LogP contribution in [0.5, 0.6) is 0 Å². The molecule has 116 valence electrons. The quantitative estimate of drug-likeness (QED) is 0.629. The summed E-state index contributed by atoms with van der Waals surface area (Å²) in [6, 6.07) is 5.43. The highest BCUT2D eigenvalue weighted by Gasteiger charge is 2.67. The van der Waals surface area contributed by atoms with Crippen molar-refractivity contribution >= 4 is 45.1 Å². The summed E-state index contributed by atoms with van der Waals surface area (Å²) < 4.78 is 5.43. The normalized spacial score (nSPS) is 38.2. The van der Waals surface area contributed by atoms with Gasteiger partial charge in [0.05, 0.1) is 16.7 Å². The van der Waals surface area contributed by atoms with Gasteiger partial charge in [0.15, 0.2) is 0 Å². The zero-order chi connectivity index (χ0) is 15.6. The Morgan fingerprint density at radius 1 is 1.41 bits per heavy atom. The minimum absolute atomic E-state index is 0.0552. The van der Waals surface area contributed by atoms with Crippen molar-refractivity contribution in [2.75, 3.05) is 5.32 Å². The van der Waals surface area contributed by atoms with Crippen LogP contribution in [0.15, 0.2) is 18.2 Å². The Hall–Kier alpha value is -1.07. The number of carbonyl (C=O) groups is 2. The molecule has 1 aromatic carbocycles. The first-order valence-corrected chi connectivity index (χ1v) is 8.68. The summed E-state index contributed by atoms with van der Waals surface area (Å²) in [6.45, 7) is 1.91. The Kier molecular flexibility index (Phi) is 3.28. The number of benzene rings is 1. The van der Waals surface area contributed by atoms with Gasteiger partial charge >= 0.3 is 5.97 Å². The first-order valence-electron chi connectivity index (χ1n) is 7.39. The maximum atomic E-state index is 12.7. The highest BCUT2D eigenvalue weighted by atomic mass is 79.9. The monoisotopic (exact) mass is 383 g/mol. The number of halogens is 2. The number of alkyl halides is 1. The average molecular weight is 385 g/mol. The molecule has 2 bridgehead atoms. The van der Waals surface area contributed by atoms with Crippen molar-refractivity contribution in [3.8, 4) is 0 Å². The fraction of sp³-hybridized carbons (Fsp3) is 0.500. The van der Waals surface area contributed by atoms with Crippen LogP contribution in [-0.2, 0) is 14.3 Å². The van der Waals surface area contributed by atoms with E-state index >= 15 is 0 Å². The Balaban J connectivity index is 1.58. The predicted octanol–water partition coefficient (Wildman–Crippen LogP) is 3.16. The number of aryl methyl sites for hydroxylation is 1. The number of ether oxygens (including phenoxy) is 1. The summed E-state index contributed by atoms with van der Waals surface area (Å²) in [6.07, 6.45) is 0.823. The number of hydrogen-bond donors (Lipinski definition) is 1. The molecule has 2 saturated carbocycles. The number of esters is 1. The lowest BCUT2D eigenvalue weighted by atomic mass is 9.79. The molecule has 1 heterocycles. The predicted molar refractivity (Wildman–Crippen MR) is 86.0 cm³/mol. The summed E-state index contributed by atoms with van der Waals surface area (Å²) >= 11 is 9.71. The van der Waals surface area contributed by atoms with E-state index in [0.717, 1.165) is 12.0 Å². The average Bonchev–Trinajstić information content (AvgIpc) is 3.07. The second-order valence-electron chi connectivity index (χ2n) is 6.41. The van der Waals surface area contributed by atoms with Crippen molar-refractivity contribution in [3.63, 3.8) is 0 Å². The zero-order valence-corrected chi connectivity index (χ0v) is 14.2. The number of amides is 1. The van der Waals surface area contributed by atoms with E-state index in [1.807, 2.05) is 19.1 Å². The third-order valence-corrected chi connectivity index (χ3v) is 6.87. The van der Waals surface area contributed by atoms with E-state index in [1.54, 1.807) is 6.07 Å². The van der Waals surface area contributed by atoms with Crippen molar-refractivity contribution in [1.82, 2.24) is 0 Å². The minimum Gasteiger partial charge on any atom is -0.461 e. The lowest BCUT2D eigenvalue weighted by molar-refractivity contribution is -0.145. The van der Waals surface area contributed by atoms with Gasteiger partial charge in [-0.15, -0.1) is 0 Å². The molecule has 1 aromatic rings. The van der Waals surface area contributed by atoms with Crippen LogP contribution in [-0.4, -0.2) is 22.8 Å². The van der Waals surface area contributed by atoms with Gasteiger partial charge < -0.3 is 10.1 Å². The zero-order valence-electron chi connectivity index (χ0n) is 11.9. The molecule has 0 aromatic heterocycles. The topological polar surface area (TPSA) is 55.4 Å². The van der Waals surface area contributed by atoms with Crippen molar-refractivity contribution in [2.24, 2.45) is 23.7 Å². The largest absolute Gasteiger partial charge is 0.461 e. The van der Waals surface area contributed by atoms with Crippen molar-refractivity contribution in [3.05, 3.63) is 28.8 Å². The van der Waals surface area contributed by atoms with Crippen LogP contribution in [0.2, 0.25) is 5.02 Å². The molecule has 3 fully saturated rings. The van der Waals surface area contributed by atoms with E-state index < -0.39 is 0 Å². The molecular weight excluding hydrogens is 370 g/mol. The number of carbonyl (C=O) groups excluding carboxylic acids is 2. The number of rotatable bonds is 2. The molecule has 0 unspecified atom stereocenters. The summed E-state index contributed by atoms with van der Waals surface area (Å²) in [7, 11) is 0. The molecule has 6 atom stereocenters. The van der Waals surface area contributed by atoms with Gasteiger partial charge in [-0.2, -0.15) is 0 Å². The smallest absolute Gasteiger partial charge is 0.310 e. The third kappa shape index (κ3) is 1.95. The fourth-order valence-electron chi connectivity index (χ4n) is 4.23. The lowest BCUT2D eigenvalue weighted by Crippen LogP contribution is -2.40. The van der Waals surface area contributed by atoms with Gasteiger partial charge in [0.25, 0.3) is 0 Å². The number of nitrogens with one attached hydrogen (secondary N) is 1. The molecule has 1 saturated heterocycles. The maximum absolute atomic E-state index is 12.7. The molecule has 2 aliphatic carbocycles. The fourth-order valence-corrected chi connectivity index (χ4v) is 5.45. The van der Waals surface area contributed by atoms with Crippen LogP contribution >= 0.6 is 27.5 Å². The summed E-state index contributed by atoms with van der Waals surface area (Å²) in [5.74, 6) is -0.599. The van der Waals surface area contributed by atoms with Crippen LogP contribution < -0.4 is 5.32 Å². The molecule has 1 amide bonds. The summed E-state index contributed by atoms with van der Waals surface area (Å²) in [4.78, 5) is 24.8. The van der Waals surface area contributed by atoms with Crippen molar-refractivity contribution in [1.29, 1.82) is 0 Å². The van der Waals surface area contributed by atoms with E-state index in [1.165, 1.54) is 0 Å². The number of anilines is 1. The van der Waals surface area contributed by atoms with Gasteiger partial charge in [-0.1, -0.05) is 33.6 Å².